The lowest BCUT2D eigenvalue weighted by Gasteiger charge is -2.31. The number of nitrogen functional groups attached to an aromatic ring is 1. The molecule has 2 atom stereocenters. The van der Waals surface area contributed by atoms with Crippen molar-refractivity contribution in [2.75, 3.05) is 63.9 Å². The molecule has 2 heterocycles. The standard InChI is InChI=1S/C36H47N7O5S2/c1-24(2)21-43(22-32(44)31(19-26-9-6-5-7-10-26)38-35(46)28-11-8-12-29(37)25(28)3)50(47,48)27-13-14-30-33(20-27)49-36(39-30)40-34(45)23-42-17-15-41(4)16-18-42/h5-14,20,24,31-32,44H,15-19,21-23,37H2,1-4H3,(H,38,46)(H,39,40,45)/t31-,32+/m0/s1. The van der Waals surface area contributed by atoms with Crippen LogP contribution in [0.5, 0.6) is 0 Å². The monoisotopic (exact) mass is 721 g/mol. The lowest BCUT2D eigenvalue weighted by molar-refractivity contribution is -0.117. The molecule has 1 aliphatic rings. The van der Waals surface area contributed by atoms with Gasteiger partial charge in [0.2, 0.25) is 15.9 Å². The second kappa shape index (κ2) is 16.4. The maximum Gasteiger partial charge on any atom is 0.251 e. The van der Waals surface area contributed by atoms with Gasteiger partial charge in [-0.2, -0.15) is 4.31 Å². The second-order valence-electron chi connectivity index (χ2n) is 13.3. The Labute approximate surface area is 298 Å². The van der Waals surface area contributed by atoms with Crippen molar-refractivity contribution < 1.29 is 23.1 Å². The highest BCUT2D eigenvalue weighted by Gasteiger charge is 2.32. The van der Waals surface area contributed by atoms with Gasteiger partial charge < -0.3 is 26.4 Å². The molecule has 0 radical (unpaired) electrons. The Morgan fingerprint density at radius 3 is 2.44 bits per heavy atom. The van der Waals surface area contributed by atoms with E-state index in [1.54, 1.807) is 37.3 Å². The number of aliphatic hydroxyl groups excluding tert-OH is 1. The van der Waals surface area contributed by atoms with Crippen LogP contribution in [-0.2, 0) is 21.2 Å². The Balaban J connectivity index is 1.35. The van der Waals surface area contributed by atoms with Gasteiger partial charge in [0.05, 0.1) is 33.8 Å². The van der Waals surface area contributed by atoms with Gasteiger partial charge in [-0.15, -0.1) is 0 Å². The number of rotatable bonds is 14. The molecule has 1 aromatic heterocycles. The van der Waals surface area contributed by atoms with Crippen LogP contribution >= 0.6 is 11.3 Å². The summed E-state index contributed by atoms with van der Waals surface area (Å²) in [4.78, 5) is 35.1. The Morgan fingerprint density at radius 1 is 1.02 bits per heavy atom. The van der Waals surface area contributed by atoms with Crippen LogP contribution in [0.4, 0.5) is 10.8 Å². The van der Waals surface area contributed by atoms with E-state index in [0.29, 0.717) is 32.2 Å². The highest BCUT2D eigenvalue weighted by atomic mass is 32.2. The maximum atomic E-state index is 14.2. The fraction of sp³-hybridized carbons (Fsp3) is 0.417. The number of fused-ring (bicyclic) bond motifs is 1. The summed E-state index contributed by atoms with van der Waals surface area (Å²) in [7, 11) is -2.03. The number of aromatic nitrogens is 1. The summed E-state index contributed by atoms with van der Waals surface area (Å²) in [6.45, 7) is 9.17. The van der Waals surface area contributed by atoms with E-state index >= 15 is 0 Å². The SMILES string of the molecule is Cc1c(N)cccc1C(=O)N[C@@H](Cc1ccccc1)[C@H](O)CN(CC(C)C)S(=O)(=O)c1ccc2nc(NC(=O)CN3CCN(C)CC3)sc2c1. The molecule has 1 saturated heterocycles. The van der Waals surface area contributed by atoms with E-state index in [0.717, 1.165) is 31.7 Å². The largest absolute Gasteiger partial charge is 0.398 e. The lowest BCUT2D eigenvalue weighted by Crippen LogP contribution is -2.51. The first-order valence-corrected chi connectivity index (χ1v) is 19.0. The molecular formula is C36H47N7O5S2. The van der Waals surface area contributed by atoms with Gasteiger partial charge in [-0.1, -0.05) is 61.6 Å². The molecule has 12 nitrogen and oxygen atoms in total. The number of nitrogens with two attached hydrogens (primary N) is 1. The minimum absolute atomic E-state index is 0.0517. The van der Waals surface area contributed by atoms with Crippen LogP contribution < -0.4 is 16.4 Å². The number of carbonyl (C=O) groups excluding carboxylic acids is 2. The molecule has 0 bridgehead atoms. The minimum Gasteiger partial charge on any atom is -0.398 e. The van der Waals surface area contributed by atoms with Crippen LogP contribution in [0.15, 0.2) is 71.6 Å². The van der Waals surface area contributed by atoms with Crippen molar-refractivity contribution in [1.29, 1.82) is 0 Å². The zero-order chi connectivity index (χ0) is 36.0. The van der Waals surface area contributed by atoms with Crippen molar-refractivity contribution in [1.82, 2.24) is 24.4 Å². The molecule has 0 aliphatic carbocycles. The van der Waals surface area contributed by atoms with Crippen LogP contribution in [0.1, 0.15) is 35.3 Å². The lowest BCUT2D eigenvalue weighted by atomic mass is 9.99. The van der Waals surface area contributed by atoms with Crippen molar-refractivity contribution >= 4 is 54.2 Å². The highest BCUT2D eigenvalue weighted by Crippen LogP contribution is 2.30. The number of piperazine rings is 1. The number of hydrogen-bond acceptors (Lipinski definition) is 10. The van der Waals surface area contributed by atoms with Gasteiger partial charge >= 0.3 is 0 Å². The first-order chi connectivity index (χ1) is 23.8. The average molecular weight is 722 g/mol. The number of anilines is 2. The normalized spacial score (nSPS) is 15.7. The summed E-state index contributed by atoms with van der Waals surface area (Å²) in [5, 5.41) is 17.9. The van der Waals surface area contributed by atoms with Crippen LogP contribution in [0, 0.1) is 12.8 Å². The van der Waals surface area contributed by atoms with Crippen molar-refractivity contribution in [2.24, 2.45) is 5.92 Å². The van der Waals surface area contributed by atoms with Crippen LogP contribution in [0.3, 0.4) is 0 Å². The van der Waals surface area contributed by atoms with Gasteiger partial charge in [-0.05, 0) is 67.8 Å². The molecule has 1 fully saturated rings. The minimum atomic E-state index is -4.09. The third-order valence-corrected chi connectivity index (χ3v) is 11.6. The van der Waals surface area contributed by atoms with E-state index in [1.165, 1.54) is 21.7 Å². The van der Waals surface area contributed by atoms with Gasteiger partial charge in [0.25, 0.3) is 5.91 Å². The highest BCUT2D eigenvalue weighted by molar-refractivity contribution is 7.89. The molecule has 50 heavy (non-hydrogen) atoms. The number of aliphatic hydroxyl groups is 1. The molecule has 1 aliphatic heterocycles. The molecule has 5 N–H and O–H groups in total. The third kappa shape index (κ3) is 9.44. The second-order valence-corrected chi connectivity index (χ2v) is 16.3. The number of nitrogens with zero attached hydrogens (tertiary/aromatic N) is 4. The Kier molecular flexibility index (Phi) is 12.2. The Hall–Kier alpha value is -3.92. The summed E-state index contributed by atoms with van der Waals surface area (Å²) in [5.74, 6) is -0.625. The van der Waals surface area contributed by atoms with E-state index < -0.39 is 28.1 Å². The van der Waals surface area contributed by atoms with Crippen molar-refractivity contribution in [3.63, 3.8) is 0 Å². The van der Waals surface area contributed by atoms with E-state index in [4.69, 9.17) is 5.73 Å². The van der Waals surface area contributed by atoms with E-state index in [-0.39, 0.29) is 42.8 Å². The van der Waals surface area contributed by atoms with E-state index in [2.05, 4.69) is 32.5 Å². The van der Waals surface area contributed by atoms with E-state index in [9.17, 15) is 23.1 Å². The quantitative estimate of drug-likeness (QED) is 0.143. The number of sulfonamides is 1. The van der Waals surface area contributed by atoms with Gasteiger partial charge in [-0.25, -0.2) is 13.4 Å². The zero-order valence-electron chi connectivity index (χ0n) is 29.0. The van der Waals surface area contributed by atoms with Crippen LogP contribution in [0.2, 0.25) is 0 Å². The van der Waals surface area contributed by atoms with Crippen LogP contribution in [-0.4, -0.2) is 109 Å². The maximum absolute atomic E-state index is 14.2. The fourth-order valence-electron chi connectivity index (χ4n) is 5.95. The van der Waals surface area contributed by atoms with E-state index in [1.807, 2.05) is 44.2 Å². The molecule has 5 rings (SSSR count). The predicted octanol–water partition coefficient (Wildman–Crippen LogP) is 3.42. The molecule has 0 spiro atoms. The topological polar surface area (TPSA) is 161 Å². The third-order valence-electron chi connectivity index (χ3n) is 8.87. The number of amides is 2. The number of benzene rings is 3. The predicted molar refractivity (Wildman–Crippen MR) is 199 cm³/mol. The molecule has 14 heteroatoms. The summed E-state index contributed by atoms with van der Waals surface area (Å²) < 4.78 is 30.3. The Morgan fingerprint density at radius 2 is 1.74 bits per heavy atom. The smallest absolute Gasteiger partial charge is 0.251 e. The summed E-state index contributed by atoms with van der Waals surface area (Å²) in [6.07, 6.45) is -0.968. The number of thiazole rings is 1. The average Bonchev–Trinajstić information content (AvgIpc) is 3.48. The van der Waals surface area contributed by atoms with Gasteiger partial charge in [0.1, 0.15) is 0 Å². The van der Waals surface area contributed by atoms with Gasteiger partial charge in [-0.3, -0.25) is 14.5 Å². The molecule has 268 valence electrons. The fourth-order valence-corrected chi connectivity index (χ4v) is 8.59. The number of likely N-dealkylation sites (N-methyl/N-ethyl adjacent to an activating group) is 1. The number of nitrogens with one attached hydrogen (secondary N) is 2. The molecule has 3 aromatic carbocycles. The van der Waals surface area contributed by atoms with Crippen LogP contribution in [0.25, 0.3) is 10.2 Å². The summed E-state index contributed by atoms with van der Waals surface area (Å²) in [6, 6.07) is 18.4. The molecule has 0 saturated carbocycles. The Bertz CT molecular complexity index is 1890. The molecule has 2 amide bonds. The van der Waals surface area contributed by atoms with Gasteiger partial charge in [0.15, 0.2) is 5.13 Å². The van der Waals surface area contributed by atoms with Crippen molar-refractivity contribution in [3.05, 3.63) is 83.4 Å². The van der Waals surface area contributed by atoms with Gasteiger partial charge in [0, 0.05) is 50.5 Å². The van der Waals surface area contributed by atoms with Crippen molar-refractivity contribution in [2.45, 2.75) is 44.2 Å². The molecule has 0 unspecified atom stereocenters. The zero-order valence-corrected chi connectivity index (χ0v) is 30.6. The number of carbonyl (C=O) groups is 2. The number of hydrogen-bond donors (Lipinski definition) is 4. The first-order valence-electron chi connectivity index (χ1n) is 16.8. The summed E-state index contributed by atoms with van der Waals surface area (Å²) >= 11 is 1.21. The summed E-state index contributed by atoms with van der Waals surface area (Å²) in [5.41, 5.74) is 8.99. The molecule has 4 aromatic rings. The molecular weight excluding hydrogens is 675 g/mol. The van der Waals surface area contributed by atoms with Crippen molar-refractivity contribution in [3.8, 4) is 0 Å². The first kappa shape index (κ1) is 37.3.